The molecule has 0 spiro atoms. The van der Waals surface area contributed by atoms with Crippen molar-refractivity contribution in [1.82, 2.24) is 9.71 Å². The van der Waals surface area contributed by atoms with Crippen LogP contribution in [0.4, 0.5) is 0 Å². The highest BCUT2D eigenvalue weighted by Gasteiger charge is 2.23. The van der Waals surface area contributed by atoms with Gasteiger partial charge < -0.3 is 5.73 Å². The smallest absolute Gasteiger partial charge is 0.244 e. The van der Waals surface area contributed by atoms with Crippen molar-refractivity contribution in [2.24, 2.45) is 5.73 Å². The average Bonchev–Trinajstić information content (AvgIpc) is 2.20. The Morgan fingerprint density at radius 1 is 1.65 bits per heavy atom. The Morgan fingerprint density at radius 3 is 2.76 bits per heavy atom. The third-order valence-electron chi connectivity index (χ3n) is 1.82. The van der Waals surface area contributed by atoms with Crippen molar-refractivity contribution in [2.45, 2.75) is 17.9 Å². The molecule has 0 aromatic carbocycles. The Bertz CT molecular complexity index is 549. The molecule has 1 unspecified atom stereocenters. The van der Waals surface area contributed by atoms with Gasteiger partial charge in [0.15, 0.2) is 0 Å². The van der Waals surface area contributed by atoms with Crippen molar-refractivity contribution < 1.29 is 13.2 Å². The van der Waals surface area contributed by atoms with Crippen molar-refractivity contribution in [3.8, 4) is 0 Å². The highest BCUT2D eigenvalue weighted by atomic mass is 79.9. The zero-order valence-corrected chi connectivity index (χ0v) is 11.8. The monoisotopic (exact) mass is 341 g/mol. The maximum atomic E-state index is 11.9. The highest BCUT2D eigenvalue weighted by Crippen LogP contribution is 2.22. The third kappa shape index (κ3) is 3.63. The van der Waals surface area contributed by atoms with Crippen LogP contribution in [0.5, 0.6) is 0 Å². The molecule has 1 heterocycles. The summed E-state index contributed by atoms with van der Waals surface area (Å²) in [5, 5.41) is -0.183. The zero-order chi connectivity index (χ0) is 13.2. The predicted molar refractivity (Wildman–Crippen MR) is 65.9 cm³/mol. The molecular weight excluding hydrogens is 334 g/mol. The summed E-state index contributed by atoms with van der Waals surface area (Å²) in [7, 11) is -3.93. The minimum atomic E-state index is -3.93. The van der Waals surface area contributed by atoms with Gasteiger partial charge in [-0.05, 0) is 28.9 Å². The van der Waals surface area contributed by atoms with Crippen LogP contribution in [0.1, 0.15) is 6.92 Å². The molecule has 3 N–H and O–H groups in total. The summed E-state index contributed by atoms with van der Waals surface area (Å²) in [5.74, 6) is -0.785. The van der Waals surface area contributed by atoms with Gasteiger partial charge >= 0.3 is 0 Å². The number of hydrogen-bond donors (Lipinski definition) is 2. The van der Waals surface area contributed by atoms with Gasteiger partial charge in [-0.3, -0.25) is 4.79 Å². The lowest BCUT2D eigenvalue weighted by Crippen LogP contribution is -2.42. The van der Waals surface area contributed by atoms with Gasteiger partial charge in [0.1, 0.15) is 10.0 Å². The lowest BCUT2D eigenvalue weighted by molar-refractivity contribution is -0.119. The summed E-state index contributed by atoms with van der Waals surface area (Å²) in [4.78, 5) is 14.3. The van der Waals surface area contributed by atoms with Crippen molar-refractivity contribution in [1.29, 1.82) is 0 Å². The molecular formula is C8H9BrClN3O3S. The first kappa shape index (κ1) is 14.4. The second kappa shape index (κ2) is 5.30. The maximum absolute atomic E-state index is 11.9. The lowest BCUT2D eigenvalue weighted by atomic mass is 10.4. The summed E-state index contributed by atoms with van der Waals surface area (Å²) in [6.45, 7) is 1.33. The molecule has 0 bridgehead atoms. The molecule has 1 aromatic heterocycles. The molecule has 1 aromatic rings. The van der Waals surface area contributed by atoms with E-state index in [4.69, 9.17) is 17.3 Å². The van der Waals surface area contributed by atoms with Crippen molar-refractivity contribution >= 4 is 43.5 Å². The van der Waals surface area contributed by atoms with E-state index in [1.165, 1.54) is 19.2 Å². The first-order chi connectivity index (χ1) is 7.74. The molecule has 6 nitrogen and oxygen atoms in total. The van der Waals surface area contributed by atoms with E-state index in [0.717, 1.165) is 0 Å². The molecule has 0 aliphatic carbocycles. The summed E-state index contributed by atoms with van der Waals surface area (Å²) in [5.41, 5.74) is 4.97. The fraction of sp³-hybridized carbons (Fsp3) is 0.250. The van der Waals surface area contributed by atoms with Crippen LogP contribution < -0.4 is 10.5 Å². The predicted octanol–water partition coefficient (Wildman–Crippen LogP) is 0.650. The van der Waals surface area contributed by atoms with E-state index >= 15 is 0 Å². The Hall–Kier alpha value is -0.700. The zero-order valence-electron chi connectivity index (χ0n) is 8.65. The number of primary amides is 1. The quantitative estimate of drug-likeness (QED) is 0.784. The number of nitrogens with zero attached hydrogens (tertiary/aromatic N) is 1. The van der Waals surface area contributed by atoms with Crippen molar-refractivity contribution in [3.63, 3.8) is 0 Å². The molecule has 9 heteroatoms. The van der Waals surface area contributed by atoms with Crippen LogP contribution in [0.25, 0.3) is 0 Å². The second-order valence-electron chi connectivity index (χ2n) is 3.19. The molecule has 94 valence electrons. The van der Waals surface area contributed by atoms with Gasteiger partial charge in [-0.15, -0.1) is 0 Å². The maximum Gasteiger partial charge on any atom is 0.244 e. The van der Waals surface area contributed by atoms with Gasteiger partial charge in [0, 0.05) is 10.7 Å². The summed E-state index contributed by atoms with van der Waals surface area (Å²) >= 11 is 8.76. The molecule has 1 rings (SSSR count). The van der Waals surface area contributed by atoms with E-state index < -0.39 is 22.0 Å². The number of nitrogens with two attached hydrogens (primary N) is 1. The Balaban J connectivity index is 3.13. The first-order valence-electron chi connectivity index (χ1n) is 4.36. The fourth-order valence-electron chi connectivity index (χ4n) is 0.947. The summed E-state index contributed by atoms with van der Waals surface area (Å²) in [6.07, 6.45) is 1.36. The van der Waals surface area contributed by atoms with Crippen molar-refractivity contribution in [2.75, 3.05) is 0 Å². The molecule has 0 radical (unpaired) electrons. The summed E-state index contributed by atoms with van der Waals surface area (Å²) < 4.78 is 26.3. The molecule has 1 amide bonds. The Kier molecular flexibility index (Phi) is 4.48. The summed E-state index contributed by atoms with van der Waals surface area (Å²) in [6, 6.07) is 0.251. The molecule has 0 aliphatic heterocycles. The molecule has 0 fully saturated rings. The number of rotatable bonds is 4. The second-order valence-corrected chi connectivity index (χ2v) is 6.14. The first-order valence-corrected chi connectivity index (χ1v) is 7.02. The largest absolute Gasteiger partial charge is 0.368 e. The topological polar surface area (TPSA) is 102 Å². The SMILES string of the molecule is CC(NS(=O)(=O)c1cc(Br)cnc1Cl)C(N)=O. The van der Waals surface area contributed by atoms with Crippen LogP contribution in [0.2, 0.25) is 5.15 Å². The standard InChI is InChI=1S/C8H9BrClN3O3S/c1-4(8(11)14)13-17(15,16)6-2-5(9)3-12-7(6)10/h2-4,13H,1H3,(H2,11,14). The number of pyridine rings is 1. The minimum Gasteiger partial charge on any atom is -0.368 e. The number of amides is 1. The molecule has 0 aliphatic rings. The fourth-order valence-corrected chi connectivity index (χ4v) is 3.10. The van der Waals surface area contributed by atoms with Crippen LogP contribution in [0.3, 0.4) is 0 Å². The van der Waals surface area contributed by atoms with Gasteiger partial charge in [-0.2, -0.15) is 4.72 Å². The Morgan fingerprint density at radius 2 is 2.24 bits per heavy atom. The molecule has 0 saturated heterocycles. The van der Waals surface area contributed by atoms with Gasteiger partial charge in [-0.1, -0.05) is 11.6 Å². The van der Waals surface area contributed by atoms with E-state index in [0.29, 0.717) is 4.47 Å². The van der Waals surface area contributed by atoms with Gasteiger partial charge in [0.25, 0.3) is 0 Å². The van der Waals surface area contributed by atoms with Crippen LogP contribution in [0, 0.1) is 0 Å². The number of carbonyl (C=O) groups excluding carboxylic acids is 1. The van der Waals surface area contributed by atoms with Gasteiger partial charge in [0.05, 0.1) is 6.04 Å². The highest BCUT2D eigenvalue weighted by molar-refractivity contribution is 9.10. The average molecular weight is 343 g/mol. The number of aromatic nitrogens is 1. The molecule has 1 atom stereocenters. The van der Waals surface area contributed by atoms with Gasteiger partial charge in [-0.25, -0.2) is 13.4 Å². The van der Waals surface area contributed by atoms with E-state index in [1.807, 2.05) is 0 Å². The van der Waals surface area contributed by atoms with Gasteiger partial charge in [0.2, 0.25) is 15.9 Å². The number of nitrogens with one attached hydrogen (secondary N) is 1. The number of sulfonamides is 1. The minimum absolute atomic E-state index is 0.183. The van der Waals surface area contributed by atoms with E-state index in [1.54, 1.807) is 0 Å². The Labute approximate surface area is 112 Å². The van der Waals surface area contributed by atoms with Crippen molar-refractivity contribution in [3.05, 3.63) is 21.9 Å². The van der Waals surface area contributed by atoms with E-state index in [2.05, 4.69) is 25.6 Å². The van der Waals surface area contributed by atoms with E-state index in [9.17, 15) is 13.2 Å². The molecule has 0 saturated carbocycles. The number of carbonyl (C=O) groups is 1. The molecule has 17 heavy (non-hydrogen) atoms. The van der Waals surface area contributed by atoms with Crippen LogP contribution in [-0.4, -0.2) is 25.4 Å². The third-order valence-corrected chi connectivity index (χ3v) is 4.22. The van der Waals surface area contributed by atoms with Crippen LogP contribution in [0.15, 0.2) is 21.6 Å². The number of halogens is 2. The number of hydrogen-bond acceptors (Lipinski definition) is 4. The van der Waals surface area contributed by atoms with Crippen LogP contribution >= 0.6 is 27.5 Å². The van der Waals surface area contributed by atoms with E-state index in [-0.39, 0.29) is 10.0 Å². The lowest BCUT2D eigenvalue weighted by Gasteiger charge is -2.11. The van der Waals surface area contributed by atoms with Crippen LogP contribution in [-0.2, 0) is 14.8 Å². The normalized spacial score (nSPS) is 13.4.